The van der Waals surface area contributed by atoms with Crippen LogP contribution in [0.2, 0.25) is 0 Å². The van der Waals surface area contributed by atoms with Crippen LogP contribution in [0.15, 0.2) is 6.20 Å². The van der Waals surface area contributed by atoms with Crippen molar-refractivity contribution >= 4 is 22.6 Å². The SMILES string of the molecule is CCOC(=O)Nc1cnns1. The Morgan fingerprint density at radius 1 is 1.91 bits per heavy atom. The zero-order valence-corrected chi connectivity index (χ0v) is 6.72. The molecular formula is C5H7N3O2S. The molecule has 0 aliphatic carbocycles. The minimum absolute atomic E-state index is 0.359. The number of hydrogen-bond donors (Lipinski definition) is 1. The van der Waals surface area contributed by atoms with Crippen molar-refractivity contribution in [3.05, 3.63) is 6.20 Å². The van der Waals surface area contributed by atoms with E-state index in [9.17, 15) is 4.79 Å². The molecule has 1 N–H and O–H groups in total. The summed E-state index contributed by atoms with van der Waals surface area (Å²) in [6, 6.07) is 0. The number of ether oxygens (including phenoxy) is 1. The smallest absolute Gasteiger partial charge is 0.412 e. The quantitative estimate of drug-likeness (QED) is 0.727. The molecule has 1 rings (SSSR count). The van der Waals surface area contributed by atoms with Gasteiger partial charge in [0.15, 0.2) is 0 Å². The van der Waals surface area contributed by atoms with E-state index in [0.717, 1.165) is 11.5 Å². The number of carbonyl (C=O) groups is 1. The van der Waals surface area contributed by atoms with Gasteiger partial charge in [-0.15, -0.1) is 5.10 Å². The van der Waals surface area contributed by atoms with Crippen molar-refractivity contribution in [2.75, 3.05) is 11.9 Å². The number of amides is 1. The molecule has 60 valence electrons. The lowest BCUT2D eigenvalue weighted by Gasteiger charge is -1.99. The summed E-state index contributed by atoms with van der Waals surface area (Å²) >= 11 is 1.10. The number of aromatic nitrogens is 2. The highest BCUT2D eigenvalue weighted by Gasteiger charge is 2.02. The monoisotopic (exact) mass is 173 g/mol. The average molecular weight is 173 g/mol. The Hall–Kier alpha value is -1.17. The topological polar surface area (TPSA) is 64.1 Å². The van der Waals surface area contributed by atoms with Gasteiger partial charge in [0.05, 0.1) is 12.8 Å². The third-order valence-electron chi connectivity index (χ3n) is 0.862. The van der Waals surface area contributed by atoms with Crippen LogP contribution in [0.5, 0.6) is 0 Å². The third kappa shape index (κ3) is 2.50. The van der Waals surface area contributed by atoms with Crippen molar-refractivity contribution in [1.82, 2.24) is 9.59 Å². The maximum atomic E-state index is 10.7. The molecule has 6 heteroatoms. The van der Waals surface area contributed by atoms with Gasteiger partial charge >= 0.3 is 6.09 Å². The number of rotatable bonds is 2. The highest BCUT2D eigenvalue weighted by atomic mass is 32.1. The van der Waals surface area contributed by atoms with E-state index in [1.807, 2.05) is 0 Å². The van der Waals surface area contributed by atoms with Gasteiger partial charge in [-0.2, -0.15) is 0 Å². The molecule has 0 aliphatic rings. The molecule has 11 heavy (non-hydrogen) atoms. The predicted molar refractivity (Wildman–Crippen MR) is 40.6 cm³/mol. The first-order chi connectivity index (χ1) is 5.33. The minimum Gasteiger partial charge on any atom is -0.450 e. The van der Waals surface area contributed by atoms with Crippen LogP contribution < -0.4 is 5.32 Å². The second kappa shape index (κ2) is 3.87. The van der Waals surface area contributed by atoms with Gasteiger partial charge in [-0.05, 0) is 6.92 Å². The maximum absolute atomic E-state index is 10.7. The summed E-state index contributed by atoms with van der Waals surface area (Å²) in [4.78, 5) is 10.7. The van der Waals surface area contributed by atoms with Gasteiger partial charge in [0, 0.05) is 11.5 Å². The van der Waals surface area contributed by atoms with Gasteiger partial charge in [0.25, 0.3) is 0 Å². The van der Waals surface area contributed by atoms with E-state index in [1.54, 1.807) is 6.92 Å². The fourth-order valence-electron chi connectivity index (χ4n) is 0.490. The Morgan fingerprint density at radius 3 is 3.27 bits per heavy atom. The molecule has 0 fully saturated rings. The van der Waals surface area contributed by atoms with Gasteiger partial charge in [-0.1, -0.05) is 4.49 Å². The summed E-state index contributed by atoms with van der Waals surface area (Å²) < 4.78 is 8.17. The molecule has 1 heterocycles. The molecular weight excluding hydrogens is 166 g/mol. The lowest BCUT2D eigenvalue weighted by Crippen LogP contribution is -2.12. The van der Waals surface area contributed by atoms with Crippen LogP contribution in [0.3, 0.4) is 0 Å². The predicted octanol–water partition coefficient (Wildman–Crippen LogP) is 1.11. The number of hydrogen-bond acceptors (Lipinski definition) is 5. The molecule has 0 aromatic carbocycles. The van der Waals surface area contributed by atoms with Gasteiger partial charge < -0.3 is 4.74 Å². The summed E-state index contributed by atoms with van der Waals surface area (Å²) in [5.74, 6) is 0. The highest BCUT2D eigenvalue weighted by Crippen LogP contribution is 2.08. The van der Waals surface area contributed by atoms with Crippen LogP contribution >= 0.6 is 11.5 Å². The van der Waals surface area contributed by atoms with Crippen molar-refractivity contribution in [1.29, 1.82) is 0 Å². The van der Waals surface area contributed by atoms with Crippen molar-refractivity contribution in [2.24, 2.45) is 0 Å². The van der Waals surface area contributed by atoms with Crippen molar-refractivity contribution in [3.8, 4) is 0 Å². The van der Waals surface area contributed by atoms with Crippen molar-refractivity contribution in [2.45, 2.75) is 6.92 Å². The third-order valence-corrected chi connectivity index (χ3v) is 1.44. The lowest BCUT2D eigenvalue weighted by molar-refractivity contribution is 0.168. The van der Waals surface area contributed by atoms with E-state index in [0.29, 0.717) is 11.6 Å². The van der Waals surface area contributed by atoms with Crippen LogP contribution in [0, 0.1) is 0 Å². The van der Waals surface area contributed by atoms with E-state index in [1.165, 1.54) is 6.20 Å². The fraction of sp³-hybridized carbons (Fsp3) is 0.400. The molecule has 0 bridgehead atoms. The molecule has 0 radical (unpaired) electrons. The van der Waals surface area contributed by atoms with E-state index >= 15 is 0 Å². The molecule has 0 atom stereocenters. The zero-order chi connectivity index (χ0) is 8.10. The summed E-state index contributed by atoms with van der Waals surface area (Å²) in [7, 11) is 0. The van der Waals surface area contributed by atoms with Gasteiger partial charge in [-0.3, -0.25) is 5.32 Å². The van der Waals surface area contributed by atoms with Crippen LogP contribution in [0.4, 0.5) is 9.80 Å². The lowest BCUT2D eigenvalue weighted by atomic mass is 10.8. The summed E-state index contributed by atoms with van der Waals surface area (Å²) in [5.41, 5.74) is 0. The molecule has 1 aromatic rings. The highest BCUT2D eigenvalue weighted by molar-refractivity contribution is 7.10. The van der Waals surface area contributed by atoms with E-state index in [2.05, 4.69) is 19.6 Å². The molecule has 0 spiro atoms. The molecule has 5 nitrogen and oxygen atoms in total. The second-order valence-corrected chi connectivity index (χ2v) is 2.41. The maximum Gasteiger partial charge on any atom is 0.412 e. The largest absolute Gasteiger partial charge is 0.450 e. The summed E-state index contributed by atoms with van der Waals surface area (Å²) in [5, 5.41) is 6.58. The number of anilines is 1. The molecule has 1 amide bonds. The fourth-order valence-corrected chi connectivity index (χ4v) is 0.896. The standard InChI is InChI=1S/C5H7N3O2S/c1-2-10-5(9)7-4-3-6-8-11-4/h3H,2H2,1H3,(H,7,9). The average Bonchev–Trinajstić information content (AvgIpc) is 2.40. The Labute approximate surface area is 67.5 Å². The normalized spacial score (nSPS) is 9.18. The van der Waals surface area contributed by atoms with E-state index in [4.69, 9.17) is 0 Å². The van der Waals surface area contributed by atoms with Crippen LogP contribution in [0.1, 0.15) is 6.92 Å². The number of nitrogens with one attached hydrogen (secondary N) is 1. The first-order valence-corrected chi connectivity index (χ1v) is 3.81. The zero-order valence-electron chi connectivity index (χ0n) is 5.90. The first kappa shape index (κ1) is 7.93. The van der Waals surface area contributed by atoms with Crippen LogP contribution in [-0.4, -0.2) is 22.3 Å². The molecule has 0 aliphatic heterocycles. The molecule has 0 unspecified atom stereocenters. The Kier molecular flexibility index (Phi) is 2.79. The Morgan fingerprint density at radius 2 is 2.73 bits per heavy atom. The van der Waals surface area contributed by atoms with Gasteiger partial charge in [-0.25, -0.2) is 4.79 Å². The Bertz CT molecular complexity index is 224. The summed E-state index contributed by atoms with van der Waals surface area (Å²) in [6.07, 6.45) is 0.986. The van der Waals surface area contributed by atoms with Gasteiger partial charge in [0.1, 0.15) is 5.00 Å². The van der Waals surface area contributed by atoms with Crippen molar-refractivity contribution in [3.63, 3.8) is 0 Å². The molecule has 1 aromatic heterocycles. The van der Waals surface area contributed by atoms with E-state index < -0.39 is 6.09 Å². The summed E-state index contributed by atoms with van der Waals surface area (Å²) in [6.45, 7) is 2.10. The first-order valence-electron chi connectivity index (χ1n) is 3.04. The Balaban J connectivity index is 2.37. The van der Waals surface area contributed by atoms with Crippen molar-refractivity contribution < 1.29 is 9.53 Å². The number of nitrogens with zero attached hydrogens (tertiary/aromatic N) is 2. The molecule has 0 saturated heterocycles. The van der Waals surface area contributed by atoms with Gasteiger partial charge in [0.2, 0.25) is 0 Å². The second-order valence-electron chi connectivity index (χ2n) is 1.63. The minimum atomic E-state index is -0.474. The molecule has 0 saturated carbocycles. The van der Waals surface area contributed by atoms with E-state index in [-0.39, 0.29) is 0 Å². The van der Waals surface area contributed by atoms with Crippen LogP contribution in [-0.2, 0) is 4.74 Å². The number of carbonyl (C=O) groups excluding carboxylic acids is 1. The van der Waals surface area contributed by atoms with Crippen LogP contribution in [0.25, 0.3) is 0 Å².